The van der Waals surface area contributed by atoms with Gasteiger partial charge in [0.2, 0.25) is 0 Å². The third-order valence-electron chi connectivity index (χ3n) is 5.03. The van der Waals surface area contributed by atoms with E-state index in [-0.39, 0.29) is 17.0 Å². The number of anilines is 2. The molecule has 0 atom stereocenters. The molecule has 1 N–H and O–H groups in total. The lowest BCUT2D eigenvalue weighted by molar-refractivity contribution is -0.120. The highest BCUT2D eigenvalue weighted by atomic mass is 35.5. The van der Waals surface area contributed by atoms with Crippen LogP contribution in [-0.4, -0.2) is 25.5 Å². The van der Waals surface area contributed by atoms with Gasteiger partial charge in [-0.15, -0.1) is 0 Å². The van der Waals surface area contributed by atoms with Gasteiger partial charge in [0.25, 0.3) is 11.8 Å². The molecule has 0 aliphatic carbocycles. The number of amides is 2. The van der Waals surface area contributed by atoms with Crippen LogP contribution in [0.15, 0.2) is 72.4 Å². The molecule has 33 heavy (non-hydrogen) atoms. The van der Waals surface area contributed by atoms with E-state index < -0.39 is 17.6 Å². The van der Waals surface area contributed by atoms with Gasteiger partial charge in [-0.3, -0.25) is 9.59 Å². The highest BCUT2D eigenvalue weighted by molar-refractivity contribution is 6.46. The summed E-state index contributed by atoms with van der Waals surface area (Å²) in [6, 6.07) is 17.1. The maximum Gasteiger partial charge on any atom is 0.282 e. The van der Waals surface area contributed by atoms with E-state index in [0.717, 1.165) is 11.0 Å². The largest absolute Gasteiger partial charge is 0.495 e. The molecule has 3 aromatic carbocycles. The van der Waals surface area contributed by atoms with Crippen molar-refractivity contribution in [2.45, 2.75) is 6.92 Å². The molecule has 1 aliphatic rings. The van der Waals surface area contributed by atoms with Gasteiger partial charge in [-0.1, -0.05) is 29.8 Å². The van der Waals surface area contributed by atoms with Crippen LogP contribution in [0.3, 0.4) is 0 Å². The smallest absolute Gasteiger partial charge is 0.282 e. The van der Waals surface area contributed by atoms with Crippen molar-refractivity contribution in [2.75, 3.05) is 23.9 Å². The molecular formula is C25H20ClFN2O4. The SMILES string of the molecule is CCOc1ccc(C2=C(Nc3ccc(OC)c(Cl)c3)C(=O)N(c3cccc(F)c3)C2=O)cc1. The lowest BCUT2D eigenvalue weighted by atomic mass is 10.0. The molecule has 8 heteroatoms. The van der Waals surface area contributed by atoms with Crippen LogP contribution in [0.2, 0.25) is 5.02 Å². The lowest BCUT2D eigenvalue weighted by Crippen LogP contribution is -2.32. The first kappa shape index (κ1) is 22.4. The molecule has 0 bridgehead atoms. The number of nitrogens with zero attached hydrogens (tertiary/aromatic N) is 1. The van der Waals surface area contributed by atoms with Gasteiger partial charge in [-0.25, -0.2) is 9.29 Å². The molecule has 0 fully saturated rings. The van der Waals surface area contributed by atoms with Crippen LogP contribution >= 0.6 is 11.6 Å². The lowest BCUT2D eigenvalue weighted by Gasteiger charge is -2.15. The Balaban J connectivity index is 1.79. The molecule has 6 nitrogen and oxygen atoms in total. The first-order chi connectivity index (χ1) is 15.9. The fourth-order valence-corrected chi connectivity index (χ4v) is 3.79. The Hall–Kier alpha value is -3.84. The Labute approximate surface area is 195 Å². The normalized spacial score (nSPS) is 13.5. The Morgan fingerprint density at radius 3 is 2.39 bits per heavy atom. The molecule has 0 aromatic heterocycles. The fourth-order valence-electron chi connectivity index (χ4n) is 3.54. The second-order valence-electron chi connectivity index (χ2n) is 7.11. The minimum absolute atomic E-state index is 0.0506. The number of carbonyl (C=O) groups is 2. The van der Waals surface area contributed by atoms with Crippen molar-refractivity contribution in [3.05, 3.63) is 88.8 Å². The van der Waals surface area contributed by atoms with Gasteiger partial charge in [0.15, 0.2) is 0 Å². The predicted octanol–water partition coefficient (Wildman–Crippen LogP) is 5.28. The first-order valence-corrected chi connectivity index (χ1v) is 10.5. The second kappa shape index (κ2) is 9.34. The van der Waals surface area contributed by atoms with E-state index >= 15 is 0 Å². The zero-order valence-electron chi connectivity index (χ0n) is 17.9. The highest BCUT2D eigenvalue weighted by Crippen LogP contribution is 2.35. The zero-order valence-corrected chi connectivity index (χ0v) is 18.7. The van der Waals surface area contributed by atoms with Crippen molar-refractivity contribution in [2.24, 2.45) is 0 Å². The first-order valence-electron chi connectivity index (χ1n) is 10.2. The number of ether oxygens (including phenoxy) is 2. The van der Waals surface area contributed by atoms with Crippen LogP contribution in [0, 0.1) is 5.82 Å². The number of halogens is 2. The van der Waals surface area contributed by atoms with Gasteiger partial charge >= 0.3 is 0 Å². The molecule has 0 spiro atoms. The average molecular weight is 467 g/mol. The van der Waals surface area contributed by atoms with Gasteiger partial charge in [0.05, 0.1) is 30.0 Å². The number of methoxy groups -OCH3 is 1. The number of hydrogen-bond donors (Lipinski definition) is 1. The molecule has 0 saturated heterocycles. The standard InChI is InChI=1S/C25H20ClFN2O4/c1-3-33-19-10-7-15(8-11-19)22-23(28-17-9-12-21(32-2)20(26)14-17)25(31)29(24(22)30)18-6-4-5-16(27)13-18/h4-14,28H,3H2,1-2H3. The predicted molar refractivity (Wildman–Crippen MR) is 125 cm³/mol. The van der Waals surface area contributed by atoms with Crippen molar-refractivity contribution >= 4 is 40.4 Å². The van der Waals surface area contributed by atoms with Crippen molar-refractivity contribution in [1.29, 1.82) is 0 Å². The molecule has 0 saturated carbocycles. The quantitative estimate of drug-likeness (QED) is 0.480. The monoisotopic (exact) mass is 466 g/mol. The molecule has 0 radical (unpaired) electrons. The van der Waals surface area contributed by atoms with Crippen LogP contribution in [0.5, 0.6) is 11.5 Å². The number of nitrogens with one attached hydrogen (secondary N) is 1. The summed E-state index contributed by atoms with van der Waals surface area (Å²) >= 11 is 6.22. The minimum Gasteiger partial charge on any atom is -0.495 e. The third kappa shape index (κ3) is 4.40. The number of rotatable bonds is 7. The second-order valence-corrected chi connectivity index (χ2v) is 7.51. The summed E-state index contributed by atoms with van der Waals surface area (Å²) in [5, 5.41) is 3.36. The molecule has 0 unspecified atom stereocenters. The summed E-state index contributed by atoms with van der Waals surface area (Å²) in [7, 11) is 1.50. The minimum atomic E-state index is -0.610. The van der Waals surface area contributed by atoms with Crippen LogP contribution < -0.4 is 19.7 Å². The van der Waals surface area contributed by atoms with E-state index in [4.69, 9.17) is 21.1 Å². The topological polar surface area (TPSA) is 67.9 Å². The van der Waals surface area contributed by atoms with Gasteiger partial charge in [-0.2, -0.15) is 0 Å². The number of benzene rings is 3. The maximum absolute atomic E-state index is 13.9. The highest BCUT2D eigenvalue weighted by Gasteiger charge is 2.40. The van der Waals surface area contributed by atoms with Crippen LogP contribution in [0.4, 0.5) is 15.8 Å². The number of imide groups is 1. The van der Waals surface area contributed by atoms with E-state index in [2.05, 4.69) is 5.32 Å². The summed E-state index contributed by atoms with van der Waals surface area (Å²) in [5.74, 6) is -0.632. The summed E-state index contributed by atoms with van der Waals surface area (Å²) in [4.78, 5) is 27.7. The van der Waals surface area contributed by atoms with Crippen LogP contribution in [0.25, 0.3) is 5.57 Å². The van der Waals surface area contributed by atoms with E-state index in [1.54, 1.807) is 42.5 Å². The van der Waals surface area contributed by atoms with Crippen molar-refractivity contribution in [1.82, 2.24) is 0 Å². The Kier molecular flexibility index (Phi) is 6.33. The molecule has 4 rings (SSSR count). The number of hydrogen-bond acceptors (Lipinski definition) is 5. The van der Waals surface area contributed by atoms with E-state index in [9.17, 15) is 14.0 Å². The van der Waals surface area contributed by atoms with Crippen LogP contribution in [-0.2, 0) is 9.59 Å². The summed E-state index contributed by atoms with van der Waals surface area (Å²) < 4.78 is 24.5. The Bertz CT molecular complexity index is 1260. The zero-order chi connectivity index (χ0) is 23.5. The Morgan fingerprint density at radius 1 is 1.00 bits per heavy atom. The summed E-state index contributed by atoms with van der Waals surface area (Å²) in [6.07, 6.45) is 0. The van der Waals surface area contributed by atoms with Gasteiger partial charge < -0.3 is 14.8 Å². The third-order valence-corrected chi connectivity index (χ3v) is 5.32. The van der Waals surface area contributed by atoms with Crippen LogP contribution in [0.1, 0.15) is 12.5 Å². The molecule has 1 heterocycles. The number of carbonyl (C=O) groups excluding carboxylic acids is 2. The van der Waals surface area contributed by atoms with Gasteiger partial charge in [-0.05, 0) is 61.0 Å². The molecule has 1 aliphatic heterocycles. The fraction of sp³-hybridized carbons (Fsp3) is 0.120. The van der Waals surface area contributed by atoms with Crippen molar-refractivity contribution in [3.63, 3.8) is 0 Å². The van der Waals surface area contributed by atoms with Gasteiger partial charge in [0, 0.05) is 5.69 Å². The molecular weight excluding hydrogens is 447 g/mol. The van der Waals surface area contributed by atoms with Crippen molar-refractivity contribution in [3.8, 4) is 11.5 Å². The summed E-state index contributed by atoms with van der Waals surface area (Å²) in [5.41, 5.74) is 1.34. The summed E-state index contributed by atoms with van der Waals surface area (Å²) in [6.45, 7) is 2.37. The maximum atomic E-state index is 13.9. The van der Waals surface area contributed by atoms with Gasteiger partial charge in [0.1, 0.15) is 23.0 Å². The average Bonchev–Trinajstić information content (AvgIpc) is 3.04. The molecule has 2 amide bonds. The van der Waals surface area contributed by atoms with E-state index in [1.807, 2.05) is 6.92 Å². The Morgan fingerprint density at radius 2 is 1.76 bits per heavy atom. The molecule has 168 valence electrons. The molecule has 3 aromatic rings. The van der Waals surface area contributed by atoms with E-state index in [0.29, 0.717) is 34.4 Å². The van der Waals surface area contributed by atoms with E-state index in [1.165, 1.54) is 25.3 Å². The van der Waals surface area contributed by atoms with Crippen molar-refractivity contribution < 1.29 is 23.5 Å².